The van der Waals surface area contributed by atoms with Gasteiger partial charge < -0.3 is 14.9 Å². The largest absolute Gasteiger partial charge is 0.489 e. The molecule has 4 heteroatoms. The van der Waals surface area contributed by atoms with Gasteiger partial charge in [0, 0.05) is 36.7 Å². The minimum absolute atomic E-state index is 0.00897. The van der Waals surface area contributed by atoms with Crippen LogP contribution in [0.1, 0.15) is 82.3 Å². The van der Waals surface area contributed by atoms with Crippen molar-refractivity contribution in [3.05, 3.63) is 41.5 Å². The monoisotopic (exact) mass is 400 g/mol. The van der Waals surface area contributed by atoms with Gasteiger partial charge in [0.2, 0.25) is 0 Å². The van der Waals surface area contributed by atoms with Gasteiger partial charge >= 0.3 is 0 Å². The van der Waals surface area contributed by atoms with Gasteiger partial charge in [-0.25, -0.2) is 0 Å². The van der Waals surface area contributed by atoms with Crippen LogP contribution in [0.2, 0.25) is 0 Å². The fraction of sp³-hybridized carbons (Fsp3) is 0.640. The number of carbonyl (C=O) groups is 1. The quantitative estimate of drug-likeness (QED) is 0.417. The molecule has 160 valence electrons. The van der Waals surface area contributed by atoms with Crippen molar-refractivity contribution in [3.8, 4) is 5.75 Å². The SMILES string of the molecule is CCCCC[C@H](O)/C=C/[C@H]1[C@@H]2c3cccc(CCCC(=O)CC)c3O[C@@H]2C[C@@H]1O. The number of hydrogen-bond donors (Lipinski definition) is 2. The summed E-state index contributed by atoms with van der Waals surface area (Å²) in [6.07, 6.45) is 10.6. The van der Waals surface area contributed by atoms with Crippen molar-refractivity contribution in [2.75, 3.05) is 0 Å². The minimum atomic E-state index is -0.447. The molecule has 0 bridgehead atoms. The average Bonchev–Trinajstić information content (AvgIpc) is 3.21. The fourth-order valence-electron chi connectivity index (χ4n) is 4.77. The van der Waals surface area contributed by atoms with E-state index in [4.69, 9.17) is 4.74 Å². The molecule has 1 aliphatic carbocycles. The summed E-state index contributed by atoms with van der Waals surface area (Å²) < 4.78 is 6.29. The number of Topliss-reactive ketones (excluding diaryl/α,β-unsaturated/α-hetero) is 1. The number of ketones is 1. The number of ether oxygens (including phenoxy) is 1. The molecule has 3 rings (SSSR count). The van der Waals surface area contributed by atoms with E-state index in [1.54, 1.807) is 0 Å². The predicted molar refractivity (Wildman–Crippen MR) is 115 cm³/mol. The second-order valence-corrected chi connectivity index (χ2v) is 8.59. The number of unbranched alkanes of at least 4 members (excludes halogenated alkanes) is 2. The molecule has 2 N–H and O–H groups in total. The lowest BCUT2D eigenvalue weighted by molar-refractivity contribution is -0.118. The Labute approximate surface area is 175 Å². The summed E-state index contributed by atoms with van der Waals surface area (Å²) in [5.41, 5.74) is 2.33. The lowest BCUT2D eigenvalue weighted by Crippen LogP contribution is -2.17. The number of hydrogen-bond acceptors (Lipinski definition) is 4. The first kappa shape index (κ1) is 22.0. The van der Waals surface area contributed by atoms with Crippen molar-refractivity contribution < 1.29 is 19.7 Å². The number of carbonyl (C=O) groups excluding carboxylic acids is 1. The first-order valence-corrected chi connectivity index (χ1v) is 11.4. The molecule has 5 atom stereocenters. The lowest BCUT2D eigenvalue weighted by Gasteiger charge is -2.18. The molecule has 0 amide bonds. The highest BCUT2D eigenvalue weighted by molar-refractivity contribution is 5.77. The second kappa shape index (κ2) is 10.4. The molecule has 29 heavy (non-hydrogen) atoms. The second-order valence-electron chi connectivity index (χ2n) is 8.59. The summed E-state index contributed by atoms with van der Waals surface area (Å²) in [4.78, 5) is 11.6. The topological polar surface area (TPSA) is 66.8 Å². The Balaban J connectivity index is 1.68. The van der Waals surface area contributed by atoms with E-state index >= 15 is 0 Å². The molecule has 0 spiro atoms. The van der Waals surface area contributed by atoms with Crippen molar-refractivity contribution in [3.63, 3.8) is 0 Å². The van der Waals surface area contributed by atoms with Crippen LogP contribution in [0.15, 0.2) is 30.4 Å². The molecule has 4 nitrogen and oxygen atoms in total. The Hall–Kier alpha value is -1.65. The van der Waals surface area contributed by atoms with Gasteiger partial charge in [-0.05, 0) is 24.8 Å². The first-order valence-electron chi connectivity index (χ1n) is 11.4. The van der Waals surface area contributed by atoms with E-state index in [2.05, 4.69) is 25.1 Å². The third-order valence-corrected chi connectivity index (χ3v) is 6.44. The number of benzene rings is 1. The number of para-hydroxylation sites is 1. The van der Waals surface area contributed by atoms with Crippen LogP contribution in [-0.2, 0) is 11.2 Å². The molecular weight excluding hydrogens is 364 g/mol. The Morgan fingerprint density at radius 2 is 2.10 bits per heavy atom. The summed E-state index contributed by atoms with van der Waals surface area (Å²) in [7, 11) is 0. The van der Waals surface area contributed by atoms with Gasteiger partial charge in [-0.15, -0.1) is 0 Å². The molecule has 1 aliphatic heterocycles. The number of aryl methyl sites for hydroxylation is 1. The molecule has 1 aromatic carbocycles. The molecule has 0 aromatic heterocycles. The van der Waals surface area contributed by atoms with Gasteiger partial charge in [0.05, 0.1) is 12.2 Å². The van der Waals surface area contributed by atoms with E-state index in [1.165, 1.54) is 5.56 Å². The van der Waals surface area contributed by atoms with Crippen LogP contribution < -0.4 is 4.74 Å². The van der Waals surface area contributed by atoms with E-state index in [0.717, 1.165) is 49.8 Å². The highest BCUT2D eigenvalue weighted by Crippen LogP contribution is 2.52. The van der Waals surface area contributed by atoms with Crippen molar-refractivity contribution in [1.82, 2.24) is 0 Å². The van der Waals surface area contributed by atoms with E-state index in [9.17, 15) is 15.0 Å². The van der Waals surface area contributed by atoms with Crippen LogP contribution in [-0.4, -0.2) is 34.3 Å². The number of aliphatic hydroxyl groups excluding tert-OH is 2. The van der Waals surface area contributed by atoms with Gasteiger partial charge in [-0.1, -0.05) is 63.5 Å². The number of rotatable bonds is 11. The zero-order valence-corrected chi connectivity index (χ0v) is 17.8. The van der Waals surface area contributed by atoms with Crippen LogP contribution in [0.3, 0.4) is 0 Å². The van der Waals surface area contributed by atoms with Crippen molar-refractivity contribution in [2.24, 2.45) is 5.92 Å². The van der Waals surface area contributed by atoms with Gasteiger partial charge in [-0.3, -0.25) is 4.79 Å². The maximum absolute atomic E-state index is 11.6. The number of fused-ring (bicyclic) bond motifs is 3. The predicted octanol–water partition coefficient (Wildman–Crippen LogP) is 4.71. The summed E-state index contributed by atoms with van der Waals surface area (Å²) in [5.74, 6) is 1.37. The average molecular weight is 401 g/mol. The summed E-state index contributed by atoms with van der Waals surface area (Å²) in [6, 6.07) is 6.26. The van der Waals surface area contributed by atoms with E-state index in [-0.39, 0.29) is 17.9 Å². The maximum Gasteiger partial charge on any atom is 0.132 e. The third kappa shape index (κ3) is 5.29. The zero-order chi connectivity index (χ0) is 20.8. The standard InChI is InChI=1S/C25H36O4/c1-3-5-6-11-19(27)14-15-20-22(28)16-23-24(20)21-13-8-10-17(25(21)29-23)9-7-12-18(26)4-2/h8,10,13-15,19-20,22-24,27-28H,3-7,9,11-12,16H2,1-2H3/b15-14+/t19-,20+,22-,23+,24+/m0/s1. The minimum Gasteiger partial charge on any atom is -0.489 e. The zero-order valence-electron chi connectivity index (χ0n) is 17.8. The summed E-state index contributed by atoms with van der Waals surface area (Å²) >= 11 is 0. The van der Waals surface area contributed by atoms with Gasteiger partial charge in [-0.2, -0.15) is 0 Å². The molecule has 1 saturated carbocycles. The molecule has 1 fully saturated rings. The summed E-state index contributed by atoms with van der Waals surface area (Å²) in [5, 5.41) is 20.8. The van der Waals surface area contributed by atoms with Crippen LogP contribution in [0.5, 0.6) is 5.75 Å². The lowest BCUT2D eigenvalue weighted by atomic mass is 9.86. The Kier molecular flexibility index (Phi) is 7.91. The smallest absolute Gasteiger partial charge is 0.132 e. The molecular formula is C25H36O4. The van der Waals surface area contributed by atoms with E-state index < -0.39 is 12.2 Å². The van der Waals surface area contributed by atoms with Crippen LogP contribution in [0.25, 0.3) is 0 Å². The Morgan fingerprint density at radius 3 is 2.86 bits per heavy atom. The van der Waals surface area contributed by atoms with Crippen LogP contribution in [0, 0.1) is 5.92 Å². The fourth-order valence-corrected chi connectivity index (χ4v) is 4.77. The normalized spacial score (nSPS) is 26.3. The highest BCUT2D eigenvalue weighted by Gasteiger charge is 2.48. The maximum atomic E-state index is 11.6. The molecule has 0 radical (unpaired) electrons. The third-order valence-electron chi connectivity index (χ3n) is 6.44. The van der Waals surface area contributed by atoms with Crippen molar-refractivity contribution in [1.29, 1.82) is 0 Å². The van der Waals surface area contributed by atoms with E-state index in [1.807, 2.05) is 19.1 Å². The van der Waals surface area contributed by atoms with Crippen LogP contribution >= 0.6 is 0 Å². The molecule has 1 aromatic rings. The van der Waals surface area contributed by atoms with Gasteiger partial charge in [0.15, 0.2) is 0 Å². The Morgan fingerprint density at radius 1 is 1.28 bits per heavy atom. The van der Waals surface area contributed by atoms with E-state index in [0.29, 0.717) is 25.0 Å². The molecule has 0 unspecified atom stereocenters. The van der Waals surface area contributed by atoms with Crippen LogP contribution in [0.4, 0.5) is 0 Å². The number of aliphatic hydroxyl groups is 2. The molecule has 2 aliphatic rings. The van der Waals surface area contributed by atoms with Crippen molar-refractivity contribution in [2.45, 2.75) is 95.9 Å². The molecule has 1 heterocycles. The highest BCUT2D eigenvalue weighted by atomic mass is 16.5. The molecule has 0 saturated heterocycles. The van der Waals surface area contributed by atoms with Gasteiger partial charge in [0.1, 0.15) is 17.6 Å². The Bertz CT molecular complexity index is 711. The first-order chi connectivity index (χ1) is 14.0. The van der Waals surface area contributed by atoms with Gasteiger partial charge in [0.25, 0.3) is 0 Å². The van der Waals surface area contributed by atoms with Crippen molar-refractivity contribution >= 4 is 5.78 Å². The summed E-state index contributed by atoms with van der Waals surface area (Å²) in [6.45, 7) is 4.07.